The number of fused-ring (bicyclic) bond motifs is 1. The van der Waals surface area contributed by atoms with Gasteiger partial charge in [0, 0.05) is 28.5 Å². The number of aromatic nitrogens is 2. The summed E-state index contributed by atoms with van der Waals surface area (Å²) in [5.41, 5.74) is 4.59. The predicted octanol–water partition coefficient (Wildman–Crippen LogP) is 6.52. The first-order chi connectivity index (χ1) is 17.1. The zero-order chi connectivity index (χ0) is 24.2. The van der Waals surface area contributed by atoms with Crippen LogP contribution in [0, 0.1) is 0 Å². The first kappa shape index (κ1) is 22.4. The molecule has 174 valence electrons. The zero-order valence-electron chi connectivity index (χ0n) is 19.4. The van der Waals surface area contributed by atoms with Crippen LogP contribution in [0.15, 0.2) is 97.2 Å². The van der Waals surface area contributed by atoms with E-state index in [2.05, 4.69) is 28.8 Å². The van der Waals surface area contributed by atoms with E-state index in [1.54, 1.807) is 14.2 Å². The van der Waals surface area contributed by atoms with Gasteiger partial charge < -0.3 is 20.1 Å². The molecule has 0 saturated carbocycles. The first-order valence-corrected chi connectivity index (χ1v) is 11.5. The minimum Gasteiger partial charge on any atom is -0.493 e. The summed E-state index contributed by atoms with van der Waals surface area (Å²) in [6.07, 6.45) is 1.93. The number of hydrogen-bond donors (Lipinski definition) is 2. The van der Waals surface area contributed by atoms with Gasteiger partial charge in [-0.1, -0.05) is 36.4 Å². The third-order valence-corrected chi connectivity index (χ3v) is 5.90. The molecule has 0 atom stereocenters. The maximum atomic E-state index is 5.54. The highest BCUT2D eigenvalue weighted by Crippen LogP contribution is 2.32. The molecule has 5 aromatic rings. The lowest BCUT2D eigenvalue weighted by molar-refractivity contribution is 0.355. The van der Waals surface area contributed by atoms with Gasteiger partial charge in [0.2, 0.25) is 0 Å². The molecule has 0 radical (unpaired) electrons. The van der Waals surface area contributed by atoms with Crippen LogP contribution in [0.3, 0.4) is 0 Å². The van der Waals surface area contributed by atoms with E-state index >= 15 is 0 Å². The van der Waals surface area contributed by atoms with Crippen LogP contribution in [-0.4, -0.2) is 29.1 Å². The summed E-state index contributed by atoms with van der Waals surface area (Å²) in [5.74, 6) is 1.36. The van der Waals surface area contributed by atoms with Gasteiger partial charge in [0.1, 0.15) is 0 Å². The molecule has 0 fully saturated rings. The fourth-order valence-corrected chi connectivity index (χ4v) is 4.16. The van der Waals surface area contributed by atoms with Crippen molar-refractivity contribution in [2.75, 3.05) is 24.9 Å². The molecular formula is C28H24N4O2S. The summed E-state index contributed by atoms with van der Waals surface area (Å²) < 4.78 is 12.6. The van der Waals surface area contributed by atoms with E-state index in [1.165, 1.54) is 0 Å². The molecule has 1 aromatic heterocycles. The second-order valence-electron chi connectivity index (χ2n) is 7.87. The number of ether oxygens (including phenoxy) is 2. The minimum absolute atomic E-state index is 0.531. The Morgan fingerprint density at radius 3 is 2.37 bits per heavy atom. The maximum Gasteiger partial charge on any atom is 0.175 e. The van der Waals surface area contributed by atoms with E-state index in [0.29, 0.717) is 16.6 Å². The van der Waals surface area contributed by atoms with Crippen molar-refractivity contribution < 1.29 is 9.47 Å². The molecule has 0 unspecified atom stereocenters. The van der Waals surface area contributed by atoms with Crippen LogP contribution >= 0.6 is 12.2 Å². The zero-order valence-corrected chi connectivity index (χ0v) is 20.2. The lowest BCUT2D eigenvalue weighted by atomic mass is 10.1. The third-order valence-electron chi connectivity index (χ3n) is 5.70. The first-order valence-electron chi connectivity index (χ1n) is 11.1. The van der Waals surface area contributed by atoms with Crippen LogP contribution in [0.5, 0.6) is 11.5 Å². The lowest BCUT2D eigenvalue weighted by Crippen LogP contribution is -2.19. The molecule has 0 aliphatic rings. The molecule has 1 heterocycles. The molecule has 0 bridgehead atoms. The number of anilines is 2. The van der Waals surface area contributed by atoms with E-state index in [0.717, 1.165) is 39.1 Å². The molecule has 0 aliphatic heterocycles. The smallest absolute Gasteiger partial charge is 0.175 e. The number of nitrogens with zero attached hydrogens (tertiary/aromatic N) is 2. The molecular weight excluding hydrogens is 456 g/mol. The molecule has 0 amide bonds. The van der Waals surface area contributed by atoms with Gasteiger partial charge in [-0.25, -0.2) is 4.68 Å². The Bertz CT molecular complexity index is 1490. The predicted molar refractivity (Wildman–Crippen MR) is 146 cm³/mol. The van der Waals surface area contributed by atoms with Crippen molar-refractivity contribution in [3.05, 3.63) is 97.2 Å². The van der Waals surface area contributed by atoms with Gasteiger partial charge in [-0.3, -0.25) is 0 Å². The van der Waals surface area contributed by atoms with Gasteiger partial charge >= 0.3 is 0 Å². The van der Waals surface area contributed by atoms with Crippen LogP contribution in [0.1, 0.15) is 0 Å². The number of benzene rings is 4. The monoisotopic (exact) mass is 480 g/mol. The Labute approximate surface area is 209 Å². The van der Waals surface area contributed by atoms with Crippen LogP contribution in [0.2, 0.25) is 0 Å². The van der Waals surface area contributed by atoms with E-state index in [9.17, 15) is 0 Å². The fraction of sp³-hybridized carbons (Fsp3) is 0.0714. The molecule has 6 nitrogen and oxygen atoms in total. The lowest BCUT2D eigenvalue weighted by Gasteiger charge is -2.13. The largest absolute Gasteiger partial charge is 0.493 e. The standard InChI is InChI=1S/C28H24N4O2S/c1-33-26-15-10-20(18-27(26)34-2)24-16-17-32(31-24)22-13-11-21(12-14-22)29-28(35)30-25-9-5-7-19-6-3-4-8-23(19)25/h3-18H,1-2H3,(H2,29,30,35). The number of thiocarbonyl (C=S) groups is 1. The van der Waals surface area contributed by atoms with Crippen LogP contribution < -0.4 is 20.1 Å². The quantitative estimate of drug-likeness (QED) is 0.270. The van der Waals surface area contributed by atoms with Crippen molar-refractivity contribution in [3.8, 4) is 28.4 Å². The topological polar surface area (TPSA) is 60.3 Å². The van der Waals surface area contributed by atoms with Crippen molar-refractivity contribution in [3.63, 3.8) is 0 Å². The summed E-state index contributed by atoms with van der Waals surface area (Å²) in [4.78, 5) is 0. The van der Waals surface area contributed by atoms with Crippen molar-refractivity contribution >= 4 is 39.5 Å². The number of methoxy groups -OCH3 is 2. The highest BCUT2D eigenvalue weighted by molar-refractivity contribution is 7.80. The van der Waals surface area contributed by atoms with Crippen molar-refractivity contribution in [2.45, 2.75) is 0 Å². The Balaban J connectivity index is 1.28. The van der Waals surface area contributed by atoms with Gasteiger partial charge in [-0.15, -0.1) is 0 Å². The Hall–Kier alpha value is -4.36. The second kappa shape index (κ2) is 9.87. The molecule has 35 heavy (non-hydrogen) atoms. The van der Waals surface area contributed by atoms with Gasteiger partial charge in [-0.05, 0) is 72.2 Å². The van der Waals surface area contributed by atoms with Crippen molar-refractivity contribution in [1.82, 2.24) is 9.78 Å². The van der Waals surface area contributed by atoms with Crippen molar-refractivity contribution in [2.24, 2.45) is 0 Å². The van der Waals surface area contributed by atoms with Gasteiger partial charge in [-0.2, -0.15) is 5.10 Å². The summed E-state index contributed by atoms with van der Waals surface area (Å²) in [5, 5.41) is 14.1. The molecule has 2 N–H and O–H groups in total. The average molecular weight is 481 g/mol. The normalized spacial score (nSPS) is 10.7. The number of nitrogens with one attached hydrogen (secondary N) is 2. The highest BCUT2D eigenvalue weighted by atomic mass is 32.1. The average Bonchev–Trinajstić information content (AvgIpc) is 3.39. The molecule has 7 heteroatoms. The van der Waals surface area contributed by atoms with Crippen molar-refractivity contribution in [1.29, 1.82) is 0 Å². The van der Waals surface area contributed by atoms with Gasteiger partial charge in [0.25, 0.3) is 0 Å². The van der Waals surface area contributed by atoms with E-state index < -0.39 is 0 Å². The van der Waals surface area contributed by atoms with Crippen LogP contribution in [0.25, 0.3) is 27.7 Å². The summed E-state index contributed by atoms with van der Waals surface area (Å²) in [6.45, 7) is 0. The SMILES string of the molecule is COc1ccc(-c2ccn(-c3ccc(NC(=S)Nc4cccc5ccccc45)cc3)n2)cc1OC. The van der Waals surface area contributed by atoms with Gasteiger partial charge in [0.15, 0.2) is 16.6 Å². The van der Waals surface area contributed by atoms with Gasteiger partial charge in [0.05, 0.1) is 25.6 Å². The van der Waals surface area contributed by atoms with Crippen LogP contribution in [-0.2, 0) is 0 Å². The second-order valence-corrected chi connectivity index (χ2v) is 8.28. The molecule has 0 aliphatic carbocycles. The Morgan fingerprint density at radius 1 is 0.800 bits per heavy atom. The summed E-state index contributed by atoms with van der Waals surface area (Å²) in [7, 11) is 3.25. The van der Waals surface area contributed by atoms with E-state index in [4.69, 9.17) is 26.8 Å². The minimum atomic E-state index is 0.531. The summed E-state index contributed by atoms with van der Waals surface area (Å²) >= 11 is 5.54. The Morgan fingerprint density at radius 2 is 1.57 bits per heavy atom. The summed E-state index contributed by atoms with van der Waals surface area (Å²) in [6, 6.07) is 30.0. The highest BCUT2D eigenvalue weighted by Gasteiger charge is 2.09. The van der Waals surface area contributed by atoms with Crippen LogP contribution in [0.4, 0.5) is 11.4 Å². The van der Waals surface area contributed by atoms with E-state index in [-0.39, 0.29) is 0 Å². The molecule has 0 saturated heterocycles. The molecule has 5 rings (SSSR count). The molecule has 4 aromatic carbocycles. The molecule has 0 spiro atoms. The van der Waals surface area contributed by atoms with E-state index in [1.807, 2.05) is 83.7 Å². The Kier molecular flexibility index (Phi) is 6.32. The number of rotatable bonds is 6. The third kappa shape index (κ3) is 4.81. The maximum absolute atomic E-state index is 5.54. The fourth-order valence-electron chi connectivity index (χ4n) is 3.93. The number of hydrogen-bond acceptors (Lipinski definition) is 4.